The number of hydrogen-bond donors (Lipinski definition) is 0. The number of hydrogen-bond acceptors (Lipinski definition) is 2. The summed E-state index contributed by atoms with van der Waals surface area (Å²) >= 11 is 1.81. The Morgan fingerprint density at radius 3 is 1.06 bits per heavy atom. The molecule has 4 aromatic heterocycles. The monoisotopic (exact) mass is 704 g/mol. The van der Waals surface area contributed by atoms with Crippen LogP contribution in [0.5, 0.6) is 0 Å². The van der Waals surface area contributed by atoms with E-state index in [0.29, 0.717) is 5.56 Å². The van der Waals surface area contributed by atoms with Crippen LogP contribution in [0.15, 0.2) is 170 Å². The first kappa shape index (κ1) is 29.4. The van der Waals surface area contributed by atoms with Gasteiger partial charge >= 0.3 is 0 Å². The van der Waals surface area contributed by atoms with E-state index in [0.717, 1.165) is 87.2 Å². The summed E-state index contributed by atoms with van der Waals surface area (Å²) < 4.78 is 9.47. The molecule has 0 spiro atoms. The van der Waals surface area contributed by atoms with Crippen molar-refractivity contribution in [1.29, 1.82) is 5.26 Å². The van der Waals surface area contributed by atoms with E-state index in [1.807, 2.05) is 11.3 Å². The second-order valence-corrected chi connectivity index (χ2v) is 15.0. The Bertz CT molecular complexity index is 3420. The van der Waals surface area contributed by atoms with Crippen molar-refractivity contribution in [2.75, 3.05) is 0 Å². The lowest BCUT2D eigenvalue weighted by atomic mass is 10.0. The van der Waals surface area contributed by atoms with Gasteiger partial charge in [-0.05, 0) is 42.5 Å². The average molecular weight is 705 g/mol. The Hall–Kier alpha value is -7.13. The van der Waals surface area contributed by atoms with E-state index in [2.05, 4.69) is 190 Å². The Balaban J connectivity index is 1.43. The Morgan fingerprint density at radius 1 is 0.352 bits per heavy atom. The quantitative estimate of drug-likeness (QED) is 0.180. The molecule has 0 saturated heterocycles. The molecule has 4 heterocycles. The van der Waals surface area contributed by atoms with E-state index in [4.69, 9.17) is 0 Å². The molecule has 0 unspecified atom stereocenters. The predicted octanol–water partition coefficient (Wildman–Crippen LogP) is 13.2. The molecule has 0 aliphatic carbocycles. The van der Waals surface area contributed by atoms with Crippen LogP contribution in [-0.4, -0.2) is 13.7 Å². The SMILES string of the molecule is N#Cc1c(-n2c3ccccc3c3ccccc32)c(-n2c3ccccc3c3ccccc32)c2sc3ccccc3c2c1-n1c2ccccc2c2ccccc21. The van der Waals surface area contributed by atoms with Crippen LogP contribution in [-0.2, 0) is 0 Å². The largest absolute Gasteiger partial charge is 0.307 e. The van der Waals surface area contributed by atoms with Crippen LogP contribution >= 0.6 is 11.3 Å². The minimum atomic E-state index is 0.626. The lowest BCUT2D eigenvalue weighted by Gasteiger charge is -2.23. The van der Waals surface area contributed by atoms with Crippen molar-refractivity contribution in [2.45, 2.75) is 0 Å². The van der Waals surface area contributed by atoms with Crippen molar-refractivity contribution in [3.05, 3.63) is 175 Å². The maximum atomic E-state index is 11.9. The number of fused-ring (bicyclic) bond motifs is 12. The standard InChI is InChI=1S/C49H28N4S/c50-29-37-46(51-38-22-8-1-15-30(38)31-16-2-9-23-39(31)51)45-36-21-7-14-28-44(36)54-49(45)48(53-42-26-12-5-19-34(42)35-20-6-13-27-43(35)53)47(37)52-40-24-10-3-17-32(40)33-18-4-11-25-41(33)52/h1-28H. The van der Waals surface area contributed by atoms with Crippen LogP contribution in [0.3, 0.4) is 0 Å². The number of rotatable bonds is 3. The smallest absolute Gasteiger partial charge is 0.104 e. The van der Waals surface area contributed by atoms with Crippen molar-refractivity contribution >= 4 is 96.9 Å². The lowest BCUT2D eigenvalue weighted by molar-refractivity contribution is 1.09. The van der Waals surface area contributed by atoms with Crippen LogP contribution in [0, 0.1) is 11.3 Å². The number of nitriles is 1. The minimum absolute atomic E-state index is 0.626. The van der Waals surface area contributed by atoms with Gasteiger partial charge < -0.3 is 13.7 Å². The van der Waals surface area contributed by atoms with Crippen molar-refractivity contribution < 1.29 is 0 Å². The van der Waals surface area contributed by atoms with Gasteiger partial charge in [-0.25, -0.2) is 0 Å². The highest BCUT2D eigenvalue weighted by Gasteiger charge is 2.31. The number of nitrogens with zero attached hydrogens (tertiary/aromatic N) is 4. The highest BCUT2D eigenvalue weighted by atomic mass is 32.1. The molecule has 0 fully saturated rings. The van der Waals surface area contributed by atoms with E-state index < -0.39 is 0 Å². The number of aromatic nitrogens is 3. The van der Waals surface area contributed by atoms with Crippen molar-refractivity contribution in [3.8, 4) is 23.1 Å². The molecule has 0 aliphatic heterocycles. The van der Waals surface area contributed by atoms with Crippen molar-refractivity contribution in [3.63, 3.8) is 0 Å². The highest BCUT2D eigenvalue weighted by Crippen LogP contribution is 2.50. The zero-order chi connectivity index (χ0) is 35.5. The summed E-state index contributed by atoms with van der Waals surface area (Å²) in [7, 11) is 0. The third-order valence-corrected chi connectivity index (χ3v) is 12.4. The maximum absolute atomic E-state index is 11.9. The summed E-state index contributed by atoms with van der Waals surface area (Å²) in [5.41, 5.74) is 9.89. The Morgan fingerprint density at radius 2 is 0.667 bits per heavy atom. The minimum Gasteiger partial charge on any atom is -0.307 e. The van der Waals surface area contributed by atoms with E-state index >= 15 is 0 Å². The summed E-state index contributed by atoms with van der Waals surface area (Å²) in [6, 6.07) is 63.4. The Labute approximate surface area is 313 Å². The third kappa shape index (κ3) is 3.74. The van der Waals surface area contributed by atoms with Gasteiger partial charge in [-0.2, -0.15) is 5.26 Å². The predicted molar refractivity (Wildman–Crippen MR) is 227 cm³/mol. The van der Waals surface area contributed by atoms with Gasteiger partial charge in [0.2, 0.25) is 0 Å². The van der Waals surface area contributed by atoms with Crippen LogP contribution in [0.4, 0.5) is 0 Å². The van der Waals surface area contributed by atoms with Gasteiger partial charge in [-0.1, -0.05) is 127 Å². The molecule has 0 aliphatic rings. The molecule has 12 aromatic rings. The highest BCUT2D eigenvalue weighted by molar-refractivity contribution is 7.26. The second kappa shape index (κ2) is 10.9. The van der Waals surface area contributed by atoms with Gasteiger partial charge in [0.1, 0.15) is 11.6 Å². The lowest BCUT2D eigenvalue weighted by Crippen LogP contribution is -2.10. The van der Waals surface area contributed by atoms with Gasteiger partial charge in [0.25, 0.3) is 0 Å². The maximum Gasteiger partial charge on any atom is 0.104 e. The van der Waals surface area contributed by atoms with E-state index in [9.17, 15) is 5.26 Å². The molecular weight excluding hydrogens is 677 g/mol. The molecule has 0 N–H and O–H groups in total. The molecule has 8 aromatic carbocycles. The van der Waals surface area contributed by atoms with Crippen LogP contribution in [0.2, 0.25) is 0 Å². The normalized spacial score (nSPS) is 12.1. The summed E-state index contributed by atoms with van der Waals surface area (Å²) in [6.07, 6.45) is 0. The second-order valence-electron chi connectivity index (χ2n) is 13.9. The molecule has 12 rings (SSSR count). The fraction of sp³-hybridized carbons (Fsp3) is 0. The molecule has 0 amide bonds. The van der Waals surface area contributed by atoms with E-state index in [1.165, 1.54) is 15.5 Å². The van der Waals surface area contributed by atoms with Crippen molar-refractivity contribution in [2.24, 2.45) is 0 Å². The first-order valence-electron chi connectivity index (χ1n) is 18.2. The number of benzene rings is 8. The molecule has 250 valence electrons. The topological polar surface area (TPSA) is 38.6 Å². The average Bonchev–Trinajstić information content (AvgIpc) is 3.97. The van der Waals surface area contributed by atoms with Gasteiger partial charge in [-0.15, -0.1) is 11.3 Å². The zero-order valence-electron chi connectivity index (χ0n) is 28.9. The van der Waals surface area contributed by atoms with Crippen LogP contribution < -0.4 is 0 Å². The summed E-state index contributed by atoms with van der Waals surface area (Å²) in [5, 5.41) is 21.1. The molecule has 5 heteroatoms. The first-order chi connectivity index (χ1) is 26.8. The number of thiophene rings is 1. The molecule has 0 radical (unpaired) electrons. The molecule has 4 nitrogen and oxygen atoms in total. The van der Waals surface area contributed by atoms with Crippen LogP contribution in [0.1, 0.15) is 5.56 Å². The van der Waals surface area contributed by atoms with E-state index in [1.54, 1.807) is 0 Å². The Kier molecular flexibility index (Phi) is 5.97. The summed E-state index contributed by atoms with van der Waals surface area (Å²) in [6.45, 7) is 0. The summed E-state index contributed by atoms with van der Waals surface area (Å²) in [4.78, 5) is 0. The molecule has 0 bridgehead atoms. The number of para-hydroxylation sites is 6. The molecule has 0 saturated carbocycles. The molecule has 54 heavy (non-hydrogen) atoms. The fourth-order valence-electron chi connectivity index (χ4n) is 9.16. The van der Waals surface area contributed by atoms with E-state index in [-0.39, 0.29) is 0 Å². The molecule has 0 atom stereocenters. The van der Waals surface area contributed by atoms with Crippen molar-refractivity contribution in [1.82, 2.24) is 13.7 Å². The summed E-state index contributed by atoms with van der Waals surface area (Å²) in [5.74, 6) is 0. The molecular formula is C49H28N4S. The van der Waals surface area contributed by atoms with Crippen LogP contribution in [0.25, 0.3) is 103 Å². The third-order valence-electron chi connectivity index (χ3n) is 11.3. The van der Waals surface area contributed by atoms with Gasteiger partial charge in [0.15, 0.2) is 0 Å². The van der Waals surface area contributed by atoms with Gasteiger partial charge in [-0.3, -0.25) is 0 Å². The fourth-order valence-corrected chi connectivity index (χ4v) is 10.4. The van der Waals surface area contributed by atoms with Gasteiger partial charge in [0.05, 0.1) is 54.9 Å². The zero-order valence-corrected chi connectivity index (χ0v) is 29.7. The first-order valence-corrected chi connectivity index (χ1v) is 19.0. The van der Waals surface area contributed by atoms with Gasteiger partial charge in [0, 0.05) is 47.8 Å².